The van der Waals surface area contributed by atoms with Crippen LogP contribution in [0.3, 0.4) is 0 Å². The summed E-state index contributed by atoms with van der Waals surface area (Å²) >= 11 is 6.30. The van der Waals surface area contributed by atoms with Crippen LogP contribution in [0.1, 0.15) is 11.1 Å². The highest BCUT2D eigenvalue weighted by Gasteiger charge is 2.24. The summed E-state index contributed by atoms with van der Waals surface area (Å²) in [5.41, 5.74) is 5.38. The lowest BCUT2D eigenvalue weighted by Gasteiger charge is -2.08. The summed E-state index contributed by atoms with van der Waals surface area (Å²) in [6, 6.07) is 14.1. The third kappa shape index (κ3) is 2.43. The summed E-state index contributed by atoms with van der Waals surface area (Å²) in [4.78, 5) is 0. The molecule has 0 saturated carbocycles. The fourth-order valence-corrected chi connectivity index (χ4v) is 3.23. The van der Waals surface area contributed by atoms with E-state index >= 15 is 0 Å². The Kier molecular flexibility index (Phi) is 3.69. The summed E-state index contributed by atoms with van der Waals surface area (Å²) in [5.74, 6) is 1.90. The summed E-state index contributed by atoms with van der Waals surface area (Å²) in [5, 5.41) is 9.05. The van der Waals surface area contributed by atoms with Gasteiger partial charge in [-0.05, 0) is 55.3 Å². The molecule has 3 aromatic rings. The molecule has 1 aliphatic heterocycles. The number of hydrogen-bond acceptors (Lipinski definition) is 3. The highest BCUT2D eigenvalue weighted by molar-refractivity contribution is 6.31. The first-order chi connectivity index (χ1) is 11.7. The fourth-order valence-electron chi connectivity index (χ4n) is 3.06. The Morgan fingerprint density at radius 3 is 2.67 bits per heavy atom. The van der Waals surface area contributed by atoms with Crippen molar-refractivity contribution in [2.24, 2.45) is 0 Å². The van der Waals surface area contributed by atoms with E-state index in [-0.39, 0.29) is 0 Å². The van der Waals surface area contributed by atoms with Gasteiger partial charge in [0.15, 0.2) is 0 Å². The highest BCUT2D eigenvalue weighted by atomic mass is 35.5. The maximum atomic E-state index is 6.30. The van der Waals surface area contributed by atoms with Gasteiger partial charge in [0.05, 0.1) is 18.5 Å². The van der Waals surface area contributed by atoms with Crippen LogP contribution in [0.5, 0.6) is 5.75 Å². The van der Waals surface area contributed by atoms with E-state index in [1.165, 1.54) is 5.56 Å². The number of rotatable bonds is 3. The van der Waals surface area contributed by atoms with Crippen molar-refractivity contribution in [1.82, 2.24) is 9.78 Å². The SMILES string of the molecule is COc1ccc(-c2nn(-c3ccc(C)c(Cl)c3)c3c2CCN3)cc1. The zero-order valence-electron chi connectivity index (χ0n) is 13.6. The molecule has 0 spiro atoms. The molecule has 1 aromatic heterocycles. The first-order valence-corrected chi connectivity index (χ1v) is 8.32. The average molecular weight is 340 g/mol. The molecule has 5 heteroatoms. The molecule has 4 nitrogen and oxygen atoms in total. The maximum absolute atomic E-state index is 6.30. The number of halogens is 1. The van der Waals surface area contributed by atoms with Crippen LogP contribution in [0.2, 0.25) is 5.02 Å². The molecule has 2 aromatic carbocycles. The Bertz CT molecular complexity index is 900. The average Bonchev–Trinajstić information content (AvgIpc) is 3.20. The van der Waals surface area contributed by atoms with Gasteiger partial charge in [0, 0.05) is 22.7 Å². The molecule has 122 valence electrons. The second-order valence-electron chi connectivity index (χ2n) is 5.93. The second-order valence-corrected chi connectivity index (χ2v) is 6.33. The Balaban J connectivity index is 1.83. The van der Waals surface area contributed by atoms with Crippen LogP contribution >= 0.6 is 11.6 Å². The molecular formula is C19H18ClN3O. The number of benzene rings is 2. The van der Waals surface area contributed by atoms with Gasteiger partial charge in [0.25, 0.3) is 0 Å². The lowest BCUT2D eigenvalue weighted by molar-refractivity contribution is 0.415. The number of hydrogen-bond donors (Lipinski definition) is 1. The monoisotopic (exact) mass is 339 g/mol. The van der Waals surface area contributed by atoms with Crippen molar-refractivity contribution < 1.29 is 4.74 Å². The molecule has 4 rings (SSSR count). The van der Waals surface area contributed by atoms with Gasteiger partial charge in [-0.15, -0.1) is 0 Å². The third-order valence-corrected chi connectivity index (χ3v) is 4.82. The first-order valence-electron chi connectivity index (χ1n) is 7.94. The molecule has 0 fully saturated rings. The van der Waals surface area contributed by atoms with Crippen molar-refractivity contribution in [3.8, 4) is 22.7 Å². The Hall–Kier alpha value is -2.46. The molecule has 0 radical (unpaired) electrons. The van der Waals surface area contributed by atoms with E-state index in [4.69, 9.17) is 21.4 Å². The number of anilines is 1. The van der Waals surface area contributed by atoms with Crippen LogP contribution in [-0.4, -0.2) is 23.4 Å². The van der Waals surface area contributed by atoms with Crippen LogP contribution in [-0.2, 0) is 6.42 Å². The van der Waals surface area contributed by atoms with Crippen LogP contribution < -0.4 is 10.1 Å². The van der Waals surface area contributed by atoms with Crippen molar-refractivity contribution in [1.29, 1.82) is 0 Å². The predicted octanol–water partition coefficient (Wildman–Crippen LogP) is 4.48. The minimum absolute atomic E-state index is 0.751. The molecule has 24 heavy (non-hydrogen) atoms. The molecule has 0 bridgehead atoms. The van der Waals surface area contributed by atoms with Crippen molar-refractivity contribution in [3.63, 3.8) is 0 Å². The summed E-state index contributed by atoms with van der Waals surface area (Å²) in [6.45, 7) is 2.93. The Labute approximate surface area is 146 Å². The number of nitrogens with one attached hydrogen (secondary N) is 1. The topological polar surface area (TPSA) is 39.1 Å². The van der Waals surface area contributed by atoms with Gasteiger partial charge in [0.2, 0.25) is 0 Å². The largest absolute Gasteiger partial charge is 0.497 e. The number of nitrogens with zero attached hydrogens (tertiary/aromatic N) is 2. The van der Waals surface area contributed by atoms with Crippen LogP contribution in [0.25, 0.3) is 16.9 Å². The van der Waals surface area contributed by atoms with Crippen molar-refractivity contribution in [2.75, 3.05) is 19.0 Å². The molecule has 0 unspecified atom stereocenters. The van der Waals surface area contributed by atoms with Crippen molar-refractivity contribution in [3.05, 3.63) is 58.6 Å². The molecule has 0 aliphatic carbocycles. The number of ether oxygens (including phenoxy) is 1. The van der Waals surface area contributed by atoms with Crippen LogP contribution in [0.4, 0.5) is 5.82 Å². The fraction of sp³-hybridized carbons (Fsp3) is 0.211. The van der Waals surface area contributed by atoms with E-state index in [2.05, 4.69) is 5.32 Å². The molecule has 0 amide bonds. The summed E-state index contributed by atoms with van der Waals surface area (Å²) < 4.78 is 7.20. The third-order valence-electron chi connectivity index (χ3n) is 4.41. The maximum Gasteiger partial charge on any atom is 0.133 e. The lowest BCUT2D eigenvalue weighted by atomic mass is 10.1. The minimum atomic E-state index is 0.751. The van der Waals surface area contributed by atoms with Crippen LogP contribution in [0, 0.1) is 6.92 Å². The molecule has 2 heterocycles. The summed E-state index contributed by atoms with van der Waals surface area (Å²) in [7, 11) is 1.67. The van der Waals surface area contributed by atoms with Crippen molar-refractivity contribution >= 4 is 17.4 Å². The quantitative estimate of drug-likeness (QED) is 0.764. The van der Waals surface area contributed by atoms with Gasteiger partial charge in [0.1, 0.15) is 11.6 Å². The normalized spacial score (nSPS) is 12.8. The summed E-state index contributed by atoms with van der Waals surface area (Å²) in [6.07, 6.45) is 0.969. The number of methoxy groups -OCH3 is 1. The van der Waals surface area contributed by atoms with E-state index in [0.29, 0.717) is 0 Å². The molecule has 1 N–H and O–H groups in total. The van der Waals surface area contributed by atoms with Gasteiger partial charge in [-0.2, -0.15) is 5.10 Å². The van der Waals surface area contributed by atoms with Gasteiger partial charge >= 0.3 is 0 Å². The van der Waals surface area contributed by atoms with E-state index in [1.807, 2.05) is 54.1 Å². The lowest BCUT2D eigenvalue weighted by Crippen LogP contribution is -2.04. The van der Waals surface area contributed by atoms with E-state index in [0.717, 1.165) is 52.1 Å². The van der Waals surface area contributed by atoms with Gasteiger partial charge < -0.3 is 10.1 Å². The van der Waals surface area contributed by atoms with E-state index in [1.54, 1.807) is 7.11 Å². The Morgan fingerprint density at radius 2 is 1.96 bits per heavy atom. The first kappa shape index (κ1) is 15.1. The molecular weight excluding hydrogens is 322 g/mol. The minimum Gasteiger partial charge on any atom is -0.497 e. The number of aromatic nitrogens is 2. The zero-order valence-corrected chi connectivity index (χ0v) is 14.4. The zero-order chi connectivity index (χ0) is 16.7. The number of fused-ring (bicyclic) bond motifs is 1. The molecule has 0 saturated heterocycles. The van der Waals surface area contributed by atoms with E-state index in [9.17, 15) is 0 Å². The van der Waals surface area contributed by atoms with Crippen LogP contribution in [0.15, 0.2) is 42.5 Å². The Morgan fingerprint density at radius 1 is 1.17 bits per heavy atom. The van der Waals surface area contributed by atoms with E-state index < -0.39 is 0 Å². The molecule has 0 atom stereocenters. The second kappa shape index (κ2) is 5.87. The highest BCUT2D eigenvalue weighted by Crippen LogP contribution is 2.35. The molecule has 1 aliphatic rings. The predicted molar refractivity (Wildman–Crippen MR) is 97.5 cm³/mol. The van der Waals surface area contributed by atoms with Gasteiger partial charge in [-0.3, -0.25) is 0 Å². The van der Waals surface area contributed by atoms with Crippen molar-refractivity contribution in [2.45, 2.75) is 13.3 Å². The smallest absolute Gasteiger partial charge is 0.133 e. The number of aryl methyl sites for hydroxylation is 1. The standard InChI is InChI=1S/C19H18ClN3O/c1-12-3-6-14(11-17(12)20)23-19-16(9-10-21-19)18(22-23)13-4-7-15(24-2)8-5-13/h3-8,11,21H,9-10H2,1-2H3. The van der Waals surface area contributed by atoms with Gasteiger partial charge in [-0.1, -0.05) is 17.7 Å². The van der Waals surface area contributed by atoms with Gasteiger partial charge in [-0.25, -0.2) is 4.68 Å².